The molecule has 1 aromatic heterocycles. The van der Waals surface area contributed by atoms with Crippen LogP contribution >= 0.6 is 0 Å². The summed E-state index contributed by atoms with van der Waals surface area (Å²) in [5.74, 6) is 2.98. The average Bonchev–Trinajstić information content (AvgIpc) is 2.74. The molecule has 1 fully saturated rings. The van der Waals surface area contributed by atoms with Crippen LogP contribution in [0.2, 0.25) is 0 Å². The second-order valence-electron chi connectivity index (χ2n) is 3.97. The second kappa shape index (κ2) is 4.09. The number of rotatable bonds is 5. The van der Waals surface area contributed by atoms with E-state index in [4.69, 9.17) is 4.52 Å². The summed E-state index contributed by atoms with van der Waals surface area (Å²) < 4.78 is 5.16. The van der Waals surface area contributed by atoms with Crippen LogP contribution in [0, 0.1) is 5.92 Å². The summed E-state index contributed by atoms with van der Waals surface area (Å²) in [4.78, 5) is 4.38. The summed E-state index contributed by atoms with van der Waals surface area (Å²) in [6.45, 7) is 6.21. The Morgan fingerprint density at radius 1 is 1.57 bits per heavy atom. The van der Waals surface area contributed by atoms with Crippen LogP contribution in [-0.4, -0.2) is 23.2 Å². The third-order valence-electron chi connectivity index (χ3n) is 2.69. The summed E-state index contributed by atoms with van der Waals surface area (Å²) in [6, 6.07) is 0. The molecule has 0 radical (unpaired) electrons. The predicted octanol–water partition coefficient (Wildman–Crippen LogP) is 1.34. The molecule has 1 aromatic rings. The van der Waals surface area contributed by atoms with E-state index < -0.39 is 0 Å². The molecular formula is C10H17N3O. The van der Waals surface area contributed by atoms with Gasteiger partial charge in [-0.3, -0.25) is 0 Å². The Bertz CT molecular complexity index is 297. The van der Waals surface area contributed by atoms with Crippen molar-refractivity contribution in [2.45, 2.75) is 32.6 Å². The Labute approximate surface area is 84.1 Å². The fourth-order valence-electron chi connectivity index (χ4n) is 1.57. The van der Waals surface area contributed by atoms with Crippen molar-refractivity contribution in [3.8, 4) is 0 Å². The molecular weight excluding hydrogens is 178 g/mol. The lowest BCUT2D eigenvalue weighted by Crippen LogP contribution is -2.16. The first-order valence-electron chi connectivity index (χ1n) is 5.34. The van der Waals surface area contributed by atoms with Crippen LogP contribution in [0.1, 0.15) is 37.9 Å². The maximum Gasteiger partial charge on any atom is 0.227 e. The zero-order valence-corrected chi connectivity index (χ0v) is 8.79. The Balaban J connectivity index is 1.84. The quantitative estimate of drug-likeness (QED) is 0.720. The molecule has 2 unspecified atom stereocenters. The molecule has 1 heterocycles. The van der Waals surface area contributed by atoms with Gasteiger partial charge in [0.25, 0.3) is 0 Å². The highest BCUT2D eigenvalue weighted by Gasteiger charge is 2.37. The van der Waals surface area contributed by atoms with E-state index in [9.17, 15) is 0 Å². The Hall–Kier alpha value is -0.900. The van der Waals surface area contributed by atoms with E-state index in [2.05, 4.69) is 29.3 Å². The van der Waals surface area contributed by atoms with Gasteiger partial charge >= 0.3 is 0 Å². The van der Waals surface area contributed by atoms with E-state index >= 15 is 0 Å². The molecule has 2 rings (SSSR count). The first kappa shape index (κ1) is 9.65. The number of hydrogen-bond acceptors (Lipinski definition) is 4. The highest BCUT2D eigenvalue weighted by atomic mass is 16.5. The first-order chi connectivity index (χ1) is 6.81. The predicted molar refractivity (Wildman–Crippen MR) is 53.1 cm³/mol. The van der Waals surface area contributed by atoms with Crippen molar-refractivity contribution in [3.63, 3.8) is 0 Å². The monoisotopic (exact) mass is 195 g/mol. The van der Waals surface area contributed by atoms with Gasteiger partial charge in [0.05, 0.1) is 0 Å². The van der Waals surface area contributed by atoms with E-state index in [0.717, 1.165) is 37.1 Å². The number of aromatic nitrogens is 2. The van der Waals surface area contributed by atoms with Gasteiger partial charge in [0.1, 0.15) is 0 Å². The molecule has 0 amide bonds. The molecule has 1 N–H and O–H groups in total. The molecule has 0 aliphatic heterocycles. The summed E-state index contributed by atoms with van der Waals surface area (Å²) in [5, 5.41) is 7.23. The summed E-state index contributed by atoms with van der Waals surface area (Å²) in [5.41, 5.74) is 0. The Kier molecular flexibility index (Phi) is 2.82. The second-order valence-corrected chi connectivity index (χ2v) is 3.97. The van der Waals surface area contributed by atoms with Crippen molar-refractivity contribution in [2.75, 3.05) is 13.1 Å². The van der Waals surface area contributed by atoms with Crippen molar-refractivity contribution < 1.29 is 4.52 Å². The lowest BCUT2D eigenvalue weighted by atomic mass is 10.3. The molecule has 2 atom stereocenters. The molecule has 0 aromatic carbocycles. The van der Waals surface area contributed by atoms with Gasteiger partial charge in [-0.1, -0.05) is 19.0 Å². The molecule has 1 aliphatic carbocycles. The van der Waals surface area contributed by atoms with Crippen LogP contribution in [-0.2, 0) is 6.42 Å². The van der Waals surface area contributed by atoms with Gasteiger partial charge in [-0.2, -0.15) is 4.98 Å². The lowest BCUT2D eigenvalue weighted by molar-refractivity contribution is 0.371. The molecule has 4 nitrogen and oxygen atoms in total. The number of nitrogens with one attached hydrogen (secondary N) is 1. The van der Waals surface area contributed by atoms with Gasteiger partial charge in [0.15, 0.2) is 5.82 Å². The van der Waals surface area contributed by atoms with E-state index in [0.29, 0.717) is 5.92 Å². The fraction of sp³-hybridized carbons (Fsp3) is 0.800. The minimum absolute atomic E-state index is 0.562. The van der Waals surface area contributed by atoms with Gasteiger partial charge in [-0.15, -0.1) is 0 Å². The topological polar surface area (TPSA) is 51.0 Å². The molecule has 1 saturated carbocycles. The van der Waals surface area contributed by atoms with Crippen LogP contribution in [0.4, 0.5) is 0 Å². The summed E-state index contributed by atoms with van der Waals surface area (Å²) in [7, 11) is 0. The number of nitrogens with zero attached hydrogens (tertiary/aromatic N) is 2. The lowest BCUT2D eigenvalue weighted by Gasteiger charge is -1.94. The van der Waals surface area contributed by atoms with Gasteiger partial charge < -0.3 is 9.84 Å². The summed E-state index contributed by atoms with van der Waals surface area (Å²) in [6.07, 6.45) is 2.05. The van der Waals surface area contributed by atoms with Crippen molar-refractivity contribution >= 4 is 0 Å². The van der Waals surface area contributed by atoms with Gasteiger partial charge in [-0.05, 0) is 18.9 Å². The van der Waals surface area contributed by atoms with E-state index in [1.165, 1.54) is 6.42 Å². The smallest absolute Gasteiger partial charge is 0.227 e. The molecule has 14 heavy (non-hydrogen) atoms. The first-order valence-corrected chi connectivity index (χ1v) is 5.34. The van der Waals surface area contributed by atoms with Crippen LogP contribution < -0.4 is 5.32 Å². The van der Waals surface area contributed by atoms with Crippen LogP contribution in [0.5, 0.6) is 0 Å². The van der Waals surface area contributed by atoms with E-state index in [1.54, 1.807) is 0 Å². The van der Waals surface area contributed by atoms with Gasteiger partial charge in [0.2, 0.25) is 5.89 Å². The largest absolute Gasteiger partial charge is 0.339 e. The highest BCUT2D eigenvalue weighted by molar-refractivity contribution is 5.07. The van der Waals surface area contributed by atoms with Crippen molar-refractivity contribution in [2.24, 2.45) is 5.92 Å². The zero-order chi connectivity index (χ0) is 9.97. The molecule has 0 saturated heterocycles. The molecule has 0 bridgehead atoms. The van der Waals surface area contributed by atoms with Crippen LogP contribution in [0.15, 0.2) is 4.52 Å². The van der Waals surface area contributed by atoms with Gasteiger partial charge in [-0.25, -0.2) is 0 Å². The van der Waals surface area contributed by atoms with Crippen molar-refractivity contribution in [1.29, 1.82) is 0 Å². The average molecular weight is 195 g/mol. The third-order valence-corrected chi connectivity index (χ3v) is 2.69. The Morgan fingerprint density at radius 3 is 3.00 bits per heavy atom. The third kappa shape index (κ3) is 2.12. The van der Waals surface area contributed by atoms with Gasteiger partial charge in [0, 0.05) is 18.9 Å². The minimum atomic E-state index is 0.562. The molecule has 1 aliphatic rings. The normalized spacial score (nSPS) is 25.3. The number of hydrogen-bond donors (Lipinski definition) is 1. The Morgan fingerprint density at radius 2 is 2.36 bits per heavy atom. The van der Waals surface area contributed by atoms with Crippen LogP contribution in [0.25, 0.3) is 0 Å². The maximum absolute atomic E-state index is 5.16. The standard InChI is InChI=1S/C10H17N3O/c1-3-11-5-4-9-12-10(13-14-9)8-6-7(8)2/h7-8,11H,3-6H2,1-2H3. The van der Waals surface area contributed by atoms with Crippen molar-refractivity contribution in [1.82, 2.24) is 15.5 Å². The highest BCUT2D eigenvalue weighted by Crippen LogP contribution is 2.45. The maximum atomic E-state index is 5.16. The molecule has 4 heteroatoms. The summed E-state index contributed by atoms with van der Waals surface area (Å²) >= 11 is 0. The van der Waals surface area contributed by atoms with E-state index in [-0.39, 0.29) is 0 Å². The van der Waals surface area contributed by atoms with E-state index in [1.807, 2.05) is 0 Å². The zero-order valence-electron chi connectivity index (χ0n) is 8.79. The minimum Gasteiger partial charge on any atom is -0.339 e. The fourth-order valence-corrected chi connectivity index (χ4v) is 1.57. The van der Waals surface area contributed by atoms with Crippen molar-refractivity contribution in [3.05, 3.63) is 11.7 Å². The molecule has 0 spiro atoms. The SMILES string of the molecule is CCNCCc1nc(C2CC2C)no1. The number of likely N-dealkylation sites (N-methyl/N-ethyl adjacent to an activating group) is 1. The molecule has 78 valence electrons. The van der Waals surface area contributed by atoms with Crippen LogP contribution in [0.3, 0.4) is 0 Å².